The summed E-state index contributed by atoms with van der Waals surface area (Å²) in [5.74, 6) is 5.90. The van der Waals surface area contributed by atoms with Crippen molar-refractivity contribution in [2.24, 2.45) is 17.8 Å². The monoisotopic (exact) mass is 759 g/mol. The van der Waals surface area contributed by atoms with Gasteiger partial charge < -0.3 is 14.4 Å². The van der Waals surface area contributed by atoms with Gasteiger partial charge in [0.25, 0.3) is 0 Å². The molecule has 8 heteroatoms. The fraction of sp³-hybridized carbons (Fsp3) is 0.340. The van der Waals surface area contributed by atoms with Gasteiger partial charge in [0.15, 0.2) is 0 Å². The minimum atomic E-state index is -0.986. The third-order valence-corrected chi connectivity index (χ3v) is 10.5. The van der Waals surface area contributed by atoms with Crippen molar-refractivity contribution in [3.8, 4) is 11.8 Å². The Labute approximate surface area is 329 Å². The number of hydrogen-bond acceptors (Lipinski definition) is 6. The molecule has 3 aromatic carbocycles. The highest BCUT2D eigenvalue weighted by atomic mass is 32.2. The highest BCUT2D eigenvalue weighted by Crippen LogP contribution is 2.46. The Hall–Kier alpha value is -5.13. The van der Waals surface area contributed by atoms with Crippen LogP contribution in [-0.2, 0) is 30.5 Å². The molecule has 5 unspecified atom stereocenters. The minimum absolute atomic E-state index is 0.00402. The first-order chi connectivity index (χ1) is 26.7. The standard InChI is InChI=1S/C47H50FNO5S/c1-5-33(2)53-32-40(38-22-25-41(48)26-23-38)24-29-44-45(49(46(44)51)42-27-18-36(19-28-42)14-10-30-55-4)39-20-16-35(17-21-39)13-9-15-43(34(3)50)47(52)54-31-37-11-7-6-8-12-37/h6-9,11-13,16-23,25,27-28,40-41,43-45H,2,5,15,24,26,29-32H2,1,3-4H3. The summed E-state index contributed by atoms with van der Waals surface area (Å²) in [6.07, 6.45) is 12.7. The van der Waals surface area contributed by atoms with Gasteiger partial charge in [0.05, 0.1) is 30.1 Å². The highest BCUT2D eigenvalue weighted by molar-refractivity contribution is 7.98. The number of anilines is 1. The summed E-state index contributed by atoms with van der Waals surface area (Å²) in [4.78, 5) is 41.0. The number of β-lactam (4-membered cyclic amide) rings is 1. The van der Waals surface area contributed by atoms with Crippen LogP contribution in [0.15, 0.2) is 121 Å². The molecule has 0 radical (unpaired) electrons. The molecule has 1 fully saturated rings. The van der Waals surface area contributed by atoms with Gasteiger partial charge in [-0.15, -0.1) is 0 Å². The fourth-order valence-electron chi connectivity index (χ4n) is 6.78. The molecule has 5 atom stereocenters. The van der Waals surface area contributed by atoms with E-state index < -0.39 is 18.1 Å². The van der Waals surface area contributed by atoms with Crippen molar-refractivity contribution >= 4 is 41.2 Å². The van der Waals surface area contributed by atoms with Crippen molar-refractivity contribution in [2.45, 2.75) is 64.8 Å². The number of Topliss-reactive ketones (excluding diaryl/α,β-unsaturated/α-hetero) is 1. The summed E-state index contributed by atoms with van der Waals surface area (Å²) in [6.45, 7) is 7.93. The Morgan fingerprint density at radius 1 is 1.05 bits per heavy atom. The largest absolute Gasteiger partial charge is 0.498 e. The van der Waals surface area contributed by atoms with E-state index in [1.807, 2.05) is 121 Å². The second kappa shape index (κ2) is 20.5. The Kier molecular flexibility index (Phi) is 15.3. The van der Waals surface area contributed by atoms with E-state index in [1.165, 1.54) is 6.92 Å². The van der Waals surface area contributed by atoms with Crippen LogP contribution in [-0.4, -0.2) is 42.4 Å². The smallest absolute Gasteiger partial charge is 0.317 e. The van der Waals surface area contributed by atoms with Crippen molar-refractivity contribution in [1.82, 2.24) is 0 Å². The molecule has 0 aromatic heterocycles. The van der Waals surface area contributed by atoms with Crippen LogP contribution in [0.4, 0.5) is 10.1 Å². The zero-order valence-corrected chi connectivity index (χ0v) is 32.7. The third kappa shape index (κ3) is 11.4. The molecule has 1 aliphatic heterocycles. The molecular weight excluding hydrogens is 710 g/mol. The lowest BCUT2D eigenvalue weighted by Crippen LogP contribution is -2.55. The molecule has 0 saturated carbocycles. The number of thioether (sulfide) groups is 1. The molecular formula is C47H50FNO5S. The normalized spacial score (nSPS) is 18.8. The van der Waals surface area contributed by atoms with E-state index >= 15 is 0 Å². The van der Waals surface area contributed by atoms with Crippen LogP contribution in [0.1, 0.15) is 74.2 Å². The van der Waals surface area contributed by atoms with Crippen molar-refractivity contribution in [3.05, 3.63) is 143 Å². The number of nitrogens with zero attached hydrogens (tertiary/aromatic N) is 1. The quantitative estimate of drug-likeness (QED) is 0.0423. The molecule has 1 aliphatic carbocycles. The van der Waals surface area contributed by atoms with Crippen LogP contribution < -0.4 is 4.90 Å². The molecule has 3 aromatic rings. The maximum absolute atomic E-state index is 14.0. The number of allylic oxidation sites excluding steroid dienone is 5. The third-order valence-electron chi connectivity index (χ3n) is 10.0. The van der Waals surface area contributed by atoms with E-state index in [0.717, 1.165) is 39.3 Å². The summed E-state index contributed by atoms with van der Waals surface area (Å²) in [5.41, 5.74) is 5.50. The molecule has 286 valence electrons. The van der Waals surface area contributed by atoms with Crippen LogP contribution in [0.2, 0.25) is 0 Å². The van der Waals surface area contributed by atoms with Gasteiger partial charge in [0.2, 0.25) is 5.91 Å². The van der Waals surface area contributed by atoms with Crippen LogP contribution in [0.5, 0.6) is 0 Å². The zero-order valence-electron chi connectivity index (χ0n) is 31.9. The number of halogens is 1. The van der Waals surface area contributed by atoms with E-state index in [2.05, 4.69) is 18.4 Å². The molecule has 1 amide bonds. The predicted octanol–water partition coefficient (Wildman–Crippen LogP) is 10.0. The molecule has 6 nitrogen and oxygen atoms in total. The van der Waals surface area contributed by atoms with Gasteiger partial charge >= 0.3 is 5.97 Å². The van der Waals surface area contributed by atoms with Gasteiger partial charge in [-0.3, -0.25) is 14.4 Å². The average molecular weight is 760 g/mol. The maximum Gasteiger partial charge on any atom is 0.317 e. The molecule has 1 saturated heterocycles. The van der Waals surface area contributed by atoms with Crippen molar-refractivity contribution < 1.29 is 28.2 Å². The Bertz CT molecular complexity index is 1940. The number of ether oxygens (including phenoxy) is 2. The van der Waals surface area contributed by atoms with Crippen molar-refractivity contribution in [3.63, 3.8) is 0 Å². The molecule has 0 bridgehead atoms. The first-order valence-corrected chi connectivity index (χ1v) is 20.3. The summed E-state index contributed by atoms with van der Waals surface area (Å²) in [6, 6.07) is 25.0. The van der Waals surface area contributed by atoms with E-state index in [4.69, 9.17) is 9.47 Å². The number of amides is 1. The van der Waals surface area contributed by atoms with Gasteiger partial charge in [-0.05, 0) is 79.0 Å². The van der Waals surface area contributed by atoms with Crippen LogP contribution in [0.25, 0.3) is 6.08 Å². The van der Waals surface area contributed by atoms with E-state index in [0.29, 0.717) is 38.0 Å². The number of hydrogen-bond donors (Lipinski definition) is 0. The maximum atomic E-state index is 14.0. The molecule has 5 rings (SSSR count). The number of benzene rings is 3. The van der Waals surface area contributed by atoms with Gasteiger partial charge in [-0.1, -0.05) is 110 Å². The van der Waals surface area contributed by atoms with E-state index in [-0.39, 0.29) is 42.6 Å². The molecule has 55 heavy (non-hydrogen) atoms. The fourth-order valence-corrected chi connectivity index (χ4v) is 6.99. The number of ketones is 1. The second-order valence-corrected chi connectivity index (χ2v) is 14.8. The SMILES string of the molecule is C=C(CC)OCC(CCC1C(=O)N(c2ccc(C#CCSC)cc2)C1c1ccc(C=CCC(C(C)=O)C(=O)OCc2ccccc2)cc1)C1=CCC(F)C=C1. The van der Waals surface area contributed by atoms with Crippen LogP contribution in [0, 0.1) is 29.6 Å². The minimum Gasteiger partial charge on any atom is -0.498 e. The first-order valence-electron chi connectivity index (χ1n) is 18.9. The highest BCUT2D eigenvalue weighted by Gasteiger charge is 2.48. The summed E-state index contributed by atoms with van der Waals surface area (Å²) >= 11 is 1.67. The van der Waals surface area contributed by atoms with Gasteiger partial charge in [-0.25, -0.2) is 4.39 Å². The summed E-state index contributed by atoms with van der Waals surface area (Å²) in [5, 5.41) is 0. The molecule has 1 heterocycles. The van der Waals surface area contributed by atoms with Crippen molar-refractivity contribution in [1.29, 1.82) is 0 Å². The number of carbonyl (C=O) groups is 3. The number of carbonyl (C=O) groups excluding carboxylic acids is 3. The average Bonchev–Trinajstić information content (AvgIpc) is 3.20. The Morgan fingerprint density at radius 3 is 2.45 bits per heavy atom. The lowest BCUT2D eigenvalue weighted by molar-refractivity contribution is -0.152. The molecule has 0 spiro atoms. The molecule has 0 N–H and O–H groups in total. The Balaban J connectivity index is 1.32. The van der Waals surface area contributed by atoms with Crippen molar-refractivity contribution in [2.75, 3.05) is 23.5 Å². The molecule has 2 aliphatic rings. The zero-order chi connectivity index (χ0) is 39.2. The Morgan fingerprint density at radius 2 is 1.80 bits per heavy atom. The topological polar surface area (TPSA) is 72.9 Å². The lowest BCUT2D eigenvalue weighted by Gasteiger charge is -2.48. The van der Waals surface area contributed by atoms with Gasteiger partial charge in [-0.2, -0.15) is 11.8 Å². The second-order valence-electron chi connectivity index (χ2n) is 13.9. The summed E-state index contributed by atoms with van der Waals surface area (Å²) in [7, 11) is 0. The van der Waals surface area contributed by atoms with Crippen LogP contribution >= 0.6 is 11.8 Å². The first kappa shape index (κ1) is 41.0. The van der Waals surface area contributed by atoms with E-state index in [1.54, 1.807) is 17.8 Å². The summed E-state index contributed by atoms with van der Waals surface area (Å²) < 4.78 is 25.4. The number of alkyl halides is 1. The number of esters is 1. The van der Waals surface area contributed by atoms with Gasteiger partial charge in [0.1, 0.15) is 24.5 Å². The van der Waals surface area contributed by atoms with Crippen LogP contribution in [0.3, 0.4) is 0 Å². The lowest BCUT2D eigenvalue weighted by atomic mass is 9.76. The van der Waals surface area contributed by atoms with E-state index in [9.17, 15) is 18.8 Å². The number of rotatable bonds is 18. The predicted molar refractivity (Wildman–Crippen MR) is 221 cm³/mol. The van der Waals surface area contributed by atoms with Gasteiger partial charge in [0, 0.05) is 30.0 Å².